The highest BCUT2D eigenvalue weighted by Gasteiger charge is 2.17. The van der Waals surface area contributed by atoms with Crippen LogP contribution in [0.25, 0.3) is 17.3 Å². The standard InChI is InChI=1S/C29H26N4O5/c1-35-24-13-5-20(6-14-24)17-19-38-29-31-27(26-4-3-18-37-26)33(32-29)23-11-9-22(10-12-23)30-28(34)21-7-15-25(36-2)16-8-21/h3-16,18H,17,19H2,1-2H3,(H,30,34). The molecule has 0 atom stereocenters. The van der Waals surface area contributed by atoms with E-state index in [-0.39, 0.29) is 11.9 Å². The molecule has 0 aliphatic rings. The molecule has 2 aromatic heterocycles. The summed E-state index contributed by atoms with van der Waals surface area (Å²) in [6.45, 7) is 0.407. The molecule has 0 aliphatic carbocycles. The maximum Gasteiger partial charge on any atom is 0.336 e. The van der Waals surface area contributed by atoms with E-state index in [0.717, 1.165) is 17.0 Å². The molecule has 38 heavy (non-hydrogen) atoms. The first-order chi connectivity index (χ1) is 18.6. The number of amides is 1. The van der Waals surface area contributed by atoms with Gasteiger partial charge in [-0.3, -0.25) is 4.79 Å². The van der Waals surface area contributed by atoms with Crippen LogP contribution in [-0.2, 0) is 6.42 Å². The summed E-state index contributed by atoms with van der Waals surface area (Å²) in [6.07, 6.45) is 2.27. The fourth-order valence-electron chi connectivity index (χ4n) is 3.78. The van der Waals surface area contributed by atoms with E-state index >= 15 is 0 Å². The Kier molecular flexibility index (Phi) is 7.35. The number of aromatic nitrogens is 3. The van der Waals surface area contributed by atoms with Crippen LogP contribution in [0.15, 0.2) is 95.6 Å². The zero-order valence-corrected chi connectivity index (χ0v) is 21.0. The summed E-state index contributed by atoms with van der Waals surface area (Å²) in [4.78, 5) is 17.1. The van der Waals surface area contributed by atoms with Crippen molar-refractivity contribution in [2.75, 3.05) is 26.1 Å². The molecule has 0 aliphatic heterocycles. The van der Waals surface area contributed by atoms with Gasteiger partial charge in [0.05, 0.1) is 32.8 Å². The monoisotopic (exact) mass is 510 g/mol. The molecule has 0 spiro atoms. The molecule has 5 rings (SSSR count). The quantitative estimate of drug-likeness (QED) is 0.268. The van der Waals surface area contributed by atoms with E-state index in [4.69, 9.17) is 18.6 Å². The second kappa shape index (κ2) is 11.3. The maximum absolute atomic E-state index is 12.6. The van der Waals surface area contributed by atoms with Crippen molar-refractivity contribution in [1.82, 2.24) is 14.8 Å². The summed E-state index contributed by atoms with van der Waals surface area (Å²) < 4.78 is 23.4. The Morgan fingerprint density at radius 3 is 2.21 bits per heavy atom. The number of anilines is 1. The largest absolute Gasteiger partial charge is 0.497 e. The van der Waals surface area contributed by atoms with E-state index in [1.165, 1.54) is 0 Å². The van der Waals surface area contributed by atoms with Crippen LogP contribution >= 0.6 is 0 Å². The van der Waals surface area contributed by atoms with Gasteiger partial charge in [-0.15, -0.1) is 5.10 Å². The van der Waals surface area contributed by atoms with Crippen LogP contribution in [0, 0.1) is 0 Å². The summed E-state index contributed by atoms with van der Waals surface area (Å²) >= 11 is 0. The van der Waals surface area contributed by atoms with Gasteiger partial charge in [0.15, 0.2) is 5.76 Å². The van der Waals surface area contributed by atoms with Crippen molar-refractivity contribution in [3.63, 3.8) is 0 Å². The lowest BCUT2D eigenvalue weighted by Gasteiger charge is -2.08. The third kappa shape index (κ3) is 5.67. The predicted octanol–water partition coefficient (Wildman–Crippen LogP) is 5.42. The molecule has 1 N–H and O–H groups in total. The minimum Gasteiger partial charge on any atom is -0.497 e. The molecule has 1 amide bonds. The molecule has 192 valence electrons. The van der Waals surface area contributed by atoms with Gasteiger partial charge in [0.25, 0.3) is 5.91 Å². The molecule has 0 unspecified atom stereocenters. The van der Waals surface area contributed by atoms with Crippen molar-refractivity contribution in [1.29, 1.82) is 0 Å². The number of rotatable bonds is 10. The number of hydrogen-bond donors (Lipinski definition) is 1. The molecule has 3 aromatic carbocycles. The molecule has 0 saturated heterocycles. The lowest BCUT2D eigenvalue weighted by molar-refractivity contribution is 0.102. The van der Waals surface area contributed by atoms with Gasteiger partial charge in [0, 0.05) is 17.7 Å². The van der Waals surface area contributed by atoms with Crippen LogP contribution < -0.4 is 19.5 Å². The second-order valence-corrected chi connectivity index (χ2v) is 8.28. The molecule has 9 nitrogen and oxygen atoms in total. The van der Waals surface area contributed by atoms with E-state index < -0.39 is 0 Å². The number of furan rings is 1. The molecule has 0 radical (unpaired) electrons. The summed E-state index contributed by atoms with van der Waals surface area (Å²) in [5, 5.41) is 7.45. The average molecular weight is 511 g/mol. The summed E-state index contributed by atoms with van der Waals surface area (Å²) in [7, 11) is 3.23. The topological polar surface area (TPSA) is 101 Å². The minimum atomic E-state index is -0.218. The van der Waals surface area contributed by atoms with Gasteiger partial charge >= 0.3 is 6.01 Å². The third-order valence-corrected chi connectivity index (χ3v) is 5.83. The van der Waals surface area contributed by atoms with Gasteiger partial charge in [0.2, 0.25) is 5.82 Å². The SMILES string of the molecule is COc1ccc(CCOc2nc(-c3ccco3)n(-c3ccc(NC(=O)c4ccc(OC)cc4)cc3)n2)cc1. The number of hydrogen-bond acceptors (Lipinski definition) is 7. The molecular weight excluding hydrogens is 484 g/mol. The van der Waals surface area contributed by atoms with Gasteiger partial charge in [0.1, 0.15) is 11.5 Å². The van der Waals surface area contributed by atoms with Crippen LogP contribution in [0.5, 0.6) is 17.5 Å². The van der Waals surface area contributed by atoms with Crippen molar-refractivity contribution in [2.45, 2.75) is 6.42 Å². The zero-order valence-electron chi connectivity index (χ0n) is 21.0. The molecule has 0 fully saturated rings. The van der Waals surface area contributed by atoms with E-state index in [1.807, 2.05) is 42.5 Å². The van der Waals surface area contributed by atoms with Gasteiger partial charge in [-0.2, -0.15) is 4.98 Å². The first kappa shape index (κ1) is 24.6. The van der Waals surface area contributed by atoms with Crippen LogP contribution in [0.2, 0.25) is 0 Å². The van der Waals surface area contributed by atoms with Crippen LogP contribution in [0.1, 0.15) is 15.9 Å². The number of methoxy groups -OCH3 is 2. The van der Waals surface area contributed by atoms with Gasteiger partial charge in [-0.25, -0.2) is 4.68 Å². The van der Waals surface area contributed by atoms with Gasteiger partial charge in [-0.1, -0.05) is 12.1 Å². The second-order valence-electron chi connectivity index (χ2n) is 8.28. The van der Waals surface area contributed by atoms with Gasteiger partial charge < -0.3 is 23.9 Å². The van der Waals surface area contributed by atoms with Crippen LogP contribution in [0.3, 0.4) is 0 Å². The van der Waals surface area contributed by atoms with Crippen LogP contribution in [0.4, 0.5) is 5.69 Å². The predicted molar refractivity (Wildman–Crippen MR) is 142 cm³/mol. The average Bonchev–Trinajstić information content (AvgIpc) is 3.64. The van der Waals surface area contributed by atoms with Crippen molar-refractivity contribution in [2.24, 2.45) is 0 Å². The van der Waals surface area contributed by atoms with E-state index in [2.05, 4.69) is 15.4 Å². The summed E-state index contributed by atoms with van der Waals surface area (Å²) in [5.74, 6) is 2.34. The molecule has 5 aromatic rings. The fraction of sp³-hybridized carbons (Fsp3) is 0.138. The Hall–Kier alpha value is -5.05. The third-order valence-electron chi connectivity index (χ3n) is 5.83. The van der Waals surface area contributed by atoms with Crippen LogP contribution in [-0.4, -0.2) is 41.5 Å². The Morgan fingerprint density at radius 2 is 1.58 bits per heavy atom. The van der Waals surface area contributed by atoms with Crippen molar-refractivity contribution in [3.8, 4) is 34.8 Å². The van der Waals surface area contributed by atoms with E-state index in [9.17, 15) is 4.79 Å². The molecule has 2 heterocycles. The van der Waals surface area contributed by atoms with Crippen molar-refractivity contribution in [3.05, 3.63) is 102 Å². The van der Waals surface area contributed by atoms with Crippen molar-refractivity contribution < 1.29 is 23.4 Å². The fourth-order valence-corrected chi connectivity index (χ4v) is 3.78. The number of carbonyl (C=O) groups is 1. The Bertz CT molecular complexity index is 1480. The molecule has 0 saturated carbocycles. The summed E-state index contributed by atoms with van der Waals surface area (Å²) in [5.41, 5.74) is 3.02. The van der Waals surface area contributed by atoms with Crippen molar-refractivity contribution >= 4 is 11.6 Å². The number of carbonyl (C=O) groups excluding carboxylic acids is 1. The molecule has 9 heteroatoms. The normalized spacial score (nSPS) is 10.7. The van der Waals surface area contributed by atoms with E-state index in [0.29, 0.717) is 41.6 Å². The van der Waals surface area contributed by atoms with E-state index in [1.54, 1.807) is 67.6 Å². The highest BCUT2D eigenvalue weighted by atomic mass is 16.5. The zero-order chi connectivity index (χ0) is 26.3. The van der Waals surface area contributed by atoms with Gasteiger partial charge in [-0.05, 0) is 78.4 Å². The highest BCUT2D eigenvalue weighted by Crippen LogP contribution is 2.25. The Morgan fingerprint density at radius 1 is 0.895 bits per heavy atom. The smallest absolute Gasteiger partial charge is 0.336 e. The molecular formula is C29H26N4O5. The lowest BCUT2D eigenvalue weighted by Crippen LogP contribution is -2.11. The Balaban J connectivity index is 1.29. The summed E-state index contributed by atoms with van der Waals surface area (Å²) in [6, 6.07) is 25.9. The minimum absolute atomic E-state index is 0.218. The highest BCUT2D eigenvalue weighted by molar-refractivity contribution is 6.04. The number of nitrogens with one attached hydrogen (secondary N) is 1. The lowest BCUT2D eigenvalue weighted by atomic mass is 10.1. The number of ether oxygens (including phenoxy) is 3. The first-order valence-electron chi connectivity index (χ1n) is 12.0. The Labute approximate surface area is 219 Å². The molecule has 0 bridgehead atoms. The number of nitrogens with zero attached hydrogens (tertiary/aromatic N) is 3. The number of benzene rings is 3. The maximum atomic E-state index is 12.6. The first-order valence-corrected chi connectivity index (χ1v) is 12.0.